The zero-order chi connectivity index (χ0) is 12.3. The van der Waals surface area contributed by atoms with E-state index in [1.807, 2.05) is 17.5 Å². The van der Waals surface area contributed by atoms with Crippen LogP contribution in [0.15, 0.2) is 35.0 Å². The standard InChI is InChI=1S/C12H12Cl2N2S/c13-10-2-1-8(5-11(10)14)6-12(16-15)9-3-4-17-7-9/h1-5,7,12,16H,6,15H2. The van der Waals surface area contributed by atoms with Gasteiger partial charge in [0.1, 0.15) is 0 Å². The topological polar surface area (TPSA) is 38.0 Å². The molecule has 2 aromatic rings. The third kappa shape index (κ3) is 3.21. The summed E-state index contributed by atoms with van der Waals surface area (Å²) in [6, 6.07) is 7.80. The van der Waals surface area contributed by atoms with Gasteiger partial charge in [-0.2, -0.15) is 11.3 Å². The van der Waals surface area contributed by atoms with Gasteiger partial charge in [-0.3, -0.25) is 11.3 Å². The van der Waals surface area contributed by atoms with Crippen LogP contribution in [0.25, 0.3) is 0 Å². The number of benzene rings is 1. The van der Waals surface area contributed by atoms with E-state index in [4.69, 9.17) is 29.0 Å². The van der Waals surface area contributed by atoms with Gasteiger partial charge in [-0.25, -0.2) is 0 Å². The Morgan fingerprint density at radius 1 is 1.24 bits per heavy atom. The third-order valence-electron chi connectivity index (χ3n) is 2.57. The lowest BCUT2D eigenvalue weighted by atomic mass is 10.0. The van der Waals surface area contributed by atoms with Crippen LogP contribution in [0.4, 0.5) is 0 Å². The molecule has 0 aliphatic carbocycles. The van der Waals surface area contributed by atoms with E-state index in [0.717, 1.165) is 12.0 Å². The fourth-order valence-electron chi connectivity index (χ4n) is 1.65. The maximum atomic E-state index is 5.98. The molecule has 0 radical (unpaired) electrons. The van der Waals surface area contributed by atoms with E-state index in [-0.39, 0.29) is 6.04 Å². The van der Waals surface area contributed by atoms with Gasteiger partial charge in [0, 0.05) is 0 Å². The van der Waals surface area contributed by atoms with Crippen LogP contribution < -0.4 is 11.3 Å². The third-order valence-corrected chi connectivity index (χ3v) is 4.01. The molecule has 90 valence electrons. The number of hydrogen-bond acceptors (Lipinski definition) is 3. The molecular formula is C12H12Cl2N2S. The first-order valence-electron chi connectivity index (χ1n) is 5.13. The monoisotopic (exact) mass is 286 g/mol. The van der Waals surface area contributed by atoms with Gasteiger partial charge in [-0.15, -0.1) is 0 Å². The molecule has 0 aliphatic heterocycles. The van der Waals surface area contributed by atoms with Crippen LogP contribution in [0.2, 0.25) is 10.0 Å². The van der Waals surface area contributed by atoms with Gasteiger partial charge in [-0.1, -0.05) is 29.3 Å². The molecule has 0 amide bonds. The Morgan fingerprint density at radius 2 is 2.06 bits per heavy atom. The largest absolute Gasteiger partial charge is 0.271 e. The van der Waals surface area contributed by atoms with E-state index in [1.54, 1.807) is 17.4 Å². The van der Waals surface area contributed by atoms with Crippen molar-refractivity contribution in [3.05, 3.63) is 56.2 Å². The minimum absolute atomic E-state index is 0.0958. The minimum atomic E-state index is 0.0958. The van der Waals surface area contributed by atoms with Crippen molar-refractivity contribution in [2.75, 3.05) is 0 Å². The highest BCUT2D eigenvalue weighted by Crippen LogP contribution is 2.26. The smallest absolute Gasteiger partial charge is 0.0595 e. The van der Waals surface area contributed by atoms with E-state index in [2.05, 4.69) is 16.9 Å². The second-order valence-corrected chi connectivity index (χ2v) is 5.32. The lowest BCUT2D eigenvalue weighted by Crippen LogP contribution is -2.29. The molecule has 0 saturated heterocycles. The van der Waals surface area contributed by atoms with Crippen molar-refractivity contribution in [1.82, 2.24) is 5.43 Å². The lowest BCUT2D eigenvalue weighted by molar-refractivity contribution is 0.553. The normalized spacial score (nSPS) is 12.6. The maximum Gasteiger partial charge on any atom is 0.0595 e. The molecule has 1 aromatic carbocycles. The van der Waals surface area contributed by atoms with Crippen molar-refractivity contribution >= 4 is 34.5 Å². The second-order valence-electron chi connectivity index (χ2n) is 3.73. The van der Waals surface area contributed by atoms with Crippen LogP contribution in [0.1, 0.15) is 17.2 Å². The summed E-state index contributed by atoms with van der Waals surface area (Å²) in [4.78, 5) is 0. The summed E-state index contributed by atoms with van der Waals surface area (Å²) in [5, 5.41) is 5.27. The molecule has 2 nitrogen and oxygen atoms in total. The van der Waals surface area contributed by atoms with Gasteiger partial charge >= 0.3 is 0 Å². The minimum Gasteiger partial charge on any atom is -0.271 e. The molecule has 0 aliphatic rings. The summed E-state index contributed by atoms with van der Waals surface area (Å²) < 4.78 is 0. The van der Waals surface area contributed by atoms with Gasteiger partial charge in [-0.05, 0) is 46.5 Å². The molecule has 3 N–H and O–H groups in total. The molecule has 1 atom stereocenters. The predicted molar refractivity (Wildman–Crippen MR) is 74.5 cm³/mol. The Hall–Kier alpha value is -0.580. The van der Waals surface area contributed by atoms with Crippen molar-refractivity contribution in [2.45, 2.75) is 12.5 Å². The second kappa shape index (κ2) is 5.85. The van der Waals surface area contributed by atoms with E-state index >= 15 is 0 Å². The van der Waals surface area contributed by atoms with Crippen LogP contribution in [0.3, 0.4) is 0 Å². The Bertz CT molecular complexity index is 485. The molecule has 2 rings (SSSR count). The molecule has 0 spiro atoms. The van der Waals surface area contributed by atoms with Crippen molar-refractivity contribution < 1.29 is 0 Å². The van der Waals surface area contributed by atoms with Crippen LogP contribution in [0, 0.1) is 0 Å². The lowest BCUT2D eigenvalue weighted by Gasteiger charge is -2.15. The Labute approximate surface area is 114 Å². The SMILES string of the molecule is NNC(Cc1ccc(Cl)c(Cl)c1)c1ccsc1. The van der Waals surface area contributed by atoms with E-state index in [9.17, 15) is 0 Å². The van der Waals surface area contributed by atoms with Gasteiger partial charge in [0.2, 0.25) is 0 Å². The maximum absolute atomic E-state index is 5.98. The number of thiophene rings is 1. The van der Waals surface area contributed by atoms with Gasteiger partial charge in [0.25, 0.3) is 0 Å². The van der Waals surface area contributed by atoms with Crippen LogP contribution in [0.5, 0.6) is 0 Å². The number of nitrogens with two attached hydrogens (primary N) is 1. The molecule has 17 heavy (non-hydrogen) atoms. The summed E-state index contributed by atoms with van der Waals surface area (Å²) in [7, 11) is 0. The fourth-order valence-corrected chi connectivity index (χ4v) is 2.68. The summed E-state index contributed by atoms with van der Waals surface area (Å²) in [5.74, 6) is 5.58. The predicted octanol–water partition coefficient (Wildman–Crippen LogP) is 3.80. The van der Waals surface area contributed by atoms with Gasteiger partial charge in [0.05, 0.1) is 16.1 Å². The molecule has 0 saturated carbocycles. The van der Waals surface area contributed by atoms with Crippen molar-refractivity contribution in [1.29, 1.82) is 0 Å². The number of hydrazine groups is 1. The first-order chi connectivity index (χ1) is 8.20. The first-order valence-corrected chi connectivity index (χ1v) is 6.82. The van der Waals surface area contributed by atoms with Crippen LogP contribution in [-0.2, 0) is 6.42 Å². The Morgan fingerprint density at radius 3 is 2.65 bits per heavy atom. The zero-order valence-electron chi connectivity index (χ0n) is 8.99. The number of hydrogen-bond donors (Lipinski definition) is 2. The molecule has 1 unspecified atom stereocenters. The number of nitrogens with one attached hydrogen (secondary N) is 1. The molecule has 5 heteroatoms. The first kappa shape index (κ1) is 12.9. The van der Waals surface area contributed by atoms with Crippen LogP contribution >= 0.6 is 34.5 Å². The Kier molecular flexibility index (Phi) is 4.42. The quantitative estimate of drug-likeness (QED) is 0.663. The zero-order valence-corrected chi connectivity index (χ0v) is 11.3. The summed E-state index contributed by atoms with van der Waals surface area (Å²) in [6.45, 7) is 0. The summed E-state index contributed by atoms with van der Waals surface area (Å²) in [5.41, 5.74) is 5.11. The highest BCUT2D eigenvalue weighted by Gasteiger charge is 2.11. The van der Waals surface area contributed by atoms with Crippen LogP contribution in [-0.4, -0.2) is 0 Å². The number of halogens is 2. The molecule has 0 bridgehead atoms. The molecule has 0 fully saturated rings. The van der Waals surface area contributed by atoms with E-state index in [1.165, 1.54) is 5.56 Å². The fraction of sp³-hybridized carbons (Fsp3) is 0.167. The highest BCUT2D eigenvalue weighted by molar-refractivity contribution is 7.07. The van der Waals surface area contributed by atoms with Gasteiger partial charge in [0.15, 0.2) is 0 Å². The molecular weight excluding hydrogens is 275 g/mol. The summed E-state index contributed by atoms with van der Waals surface area (Å²) >= 11 is 13.5. The summed E-state index contributed by atoms with van der Waals surface area (Å²) in [6.07, 6.45) is 0.782. The van der Waals surface area contributed by atoms with E-state index < -0.39 is 0 Å². The Balaban J connectivity index is 2.16. The van der Waals surface area contributed by atoms with Gasteiger partial charge < -0.3 is 0 Å². The molecule has 1 aromatic heterocycles. The average Bonchev–Trinajstić information content (AvgIpc) is 2.84. The van der Waals surface area contributed by atoms with E-state index in [0.29, 0.717) is 10.0 Å². The average molecular weight is 287 g/mol. The molecule has 1 heterocycles. The van der Waals surface area contributed by atoms with Crippen molar-refractivity contribution in [3.63, 3.8) is 0 Å². The number of rotatable bonds is 4. The van der Waals surface area contributed by atoms with Crippen molar-refractivity contribution in [3.8, 4) is 0 Å². The highest BCUT2D eigenvalue weighted by atomic mass is 35.5. The van der Waals surface area contributed by atoms with Crippen molar-refractivity contribution in [2.24, 2.45) is 5.84 Å².